The smallest absolute Gasteiger partial charge is 0.263 e. The minimum atomic E-state index is -0.196. The average Bonchev–Trinajstić information content (AvgIpc) is 2.74. The molecule has 4 N–H and O–H groups in total. The van der Waals surface area contributed by atoms with E-state index in [1.165, 1.54) is 11.3 Å². The Labute approximate surface area is 128 Å². The first-order valence-electron chi connectivity index (χ1n) is 6.93. The van der Waals surface area contributed by atoms with Crippen LogP contribution in [0.15, 0.2) is 6.07 Å². The van der Waals surface area contributed by atoms with Crippen LogP contribution in [0.25, 0.3) is 10.1 Å². The number of aromatic nitrogens is 1. The standard InChI is InChI=1S/C15H21N3O2S/c1-7(6-19)9(3)18-15(20)14-13(16)12-10(4)17-8(2)5-11(12)21-14/h5,7,9,19H,6,16H2,1-4H3,(H,18,20). The summed E-state index contributed by atoms with van der Waals surface area (Å²) in [7, 11) is 0. The Balaban J connectivity index is 2.36. The minimum Gasteiger partial charge on any atom is -0.397 e. The van der Waals surface area contributed by atoms with Crippen molar-refractivity contribution in [3.05, 3.63) is 22.3 Å². The number of fused-ring (bicyclic) bond motifs is 1. The van der Waals surface area contributed by atoms with Crippen molar-refractivity contribution in [3.8, 4) is 0 Å². The maximum atomic E-state index is 12.4. The van der Waals surface area contributed by atoms with E-state index in [4.69, 9.17) is 10.8 Å². The van der Waals surface area contributed by atoms with E-state index in [0.717, 1.165) is 21.5 Å². The third kappa shape index (κ3) is 3.01. The van der Waals surface area contributed by atoms with Crippen LogP contribution in [-0.2, 0) is 0 Å². The van der Waals surface area contributed by atoms with Gasteiger partial charge in [0, 0.05) is 34.1 Å². The summed E-state index contributed by atoms with van der Waals surface area (Å²) >= 11 is 1.38. The van der Waals surface area contributed by atoms with Gasteiger partial charge in [-0.1, -0.05) is 6.92 Å². The Bertz CT molecular complexity index is 681. The lowest BCUT2D eigenvalue weighted by molar-refractivity contribution is 0.0921. The molecule has 0 radical (unpaired) electrons. The lowest BCUT2D eigenvalue weighted by Crippen LogP contribution is -2.38. The van der Waals surface area contributed by atoms with Crippen LogP contribution < -0.4 is 11.1 Å². The van der Waals surface area contributed by atoms with Crippen LogP contribution in [0.5, 0.6) is 0 Å². The number of carbonyl (C=O) groups is 1. The number of rotatable bonds is 4. The molecule has 2 aromatic heterocycles. The molecular formula is C15H21N3O2S. The lowest BCUT2D eigenvalue weighted by Gasteiger charge is -2.18. The zero-order valence-electron chi connectivity index (χ0n) is 12.7. The molecule has 0 bridgehead atoms. The first-order chi connectivity index (χ1) is 9.85. The number of aryl methyl sites for hydroxylation is 2. The second-order valence-corrected chi connectivity index (χ2v) is 6.54. The third-order valence-corrected chi connectivity index (χ3v) is 4.88. The molecule has 0 aliphatic heterocycles. The highest BCUT2D eigenvalue weighted by Crippen LogP contribution is 2.35. The Morgan fingerprint density at radius 2 is 2.14 bits per heavy atom. The number of pyridine rings is 1. The van der Waals surface area contributed by atoms with Crippen molar-refractivity contribution in [3.63, 3.8) is 0 Å². The van der Waals surface area contributed by atoms with E-state index in [0.29, 0.717) is 10.6 Å². The van der Waals surface area contributed by atoms with Gasteiger partial charge in [0.2, 0.25) is 0 Å². The van der Waals surface area contributed by atoms with Crippen molar-refractivity contribution >= 4 is 33.0 Å². The Morgan fingerprint density at radius 3 is 2.76 bits per heavy atom. The second-order valence-electron chi connectivity index (χ2n) is 5.49. The molecule has 0 aliphatic rings. The molecular weight excluding hydrogens is 286 g/mol. The summed E-state index contributed by atoms with van der Waals surface area (Å²) in [5.41, 5.74) is 8.38. The van der Waals surface area contributed by atoms with Gasteiger partial charge in [-0.15, -0.1) is 11.3 Å². The van der Waals surface area contributed by atoms with E-state index in [1.54, 1.807) is 0 Å². The predicted molar refractivity (Wildman–Crippen MR) is 86.7 cm³/mol. The van der Waals surface area contributed by atoms with Crippen LogP contribution in [0.4, 0.5) is 5.69 Å². The molecule has 0 fully saturated rings. The Morgan fingerprint density at radius 1 is 1.48 bits per heavy atom. The molecule has 2 rings (SSSR count). The number of aliphatic hydroxyl groups excluding tert-OH is 1. The number of amides is 1. The van der Waals surface area contributed by atoms with E-state index in [9.17, 15) is 4.79 Å². The van der Waals surface area contributed by atoms with E-state index in [1.807, 2.05) is 33.8 Å². The molecule has 0 saturated heterocycles. The van der Waals surface area contributed by atoms with Crippen LogP contribution in [0.1, 0.15) is 34.9 Å². The topological polar surface area (TPSA) is 88.2 Å². The van der Waals surface area contributed by atoms with Crippen LogP contribution in [0.2, 0.25) is 0 Å². The summed E-state index contributed by atoms with van der Waals surface area (Å²) in [4.78, 5) is 17.3. The highest BCUT2D eigenvalue weighted by molar-refractivity contribution is 7.21. The van der Waals surface area contributed by atoms with Crippen molar-refractivity contribution in [1.29, 1.82) is 0 Å². The number of thiophene rings is 1. The van der Waals surface area contributed by atoms with E-state index >= 15 is 0 Å². The molecule has 2 heterocycles. The van der Waals surface area contributed by atoms with Crippen molar-refractivity contribution < 1.29 is 9.90 Å². The molecule has 0 spiro atoms. The molecule has 21 heavy (non-hydrogen) atoms. The van der Waals surface area contributed by atoms with Gasteiger partial charge in [-0.3, -0.25) is 9.78 Å². The van der Waals surface area contributed by atoms with Crippen molar-refractivity contribution in [2.45, 2.75) is 33.7 Å². The third-order valence-electron chi connectivity index (χ3n) is 3.72. The Kier molecular flexibility index (Phi) is 4.49. The van der Waals surface area contributed by atoms with Gasteiger partial charge >= 0.3 is 0 Å². The van der Waals surface area contributed by atoms with E-state index in [-0.39, 0.29) is 24.5 Å². The summed E-state index contributed by atoms with van der Waals surface area (Å²) in [6, 6.07) is 1.83. The molecule has 2 atom stereocenters. The molecule has 5 nitrogen and oxygen atoms in total. The molecule has 0 saturated carbocycles. The van der Waals surface area contributed by atoms with Crippen molar-refractivity contribution in [2.75, 3.05) is 12.3 Å². The number of anilines is 1. The van der Waals surface area contributed by atoms with Gasteiger partial charge in [-0.05, 0) is 32.8 Å². The lowest BCUT2D eigenvalue weighted by atomic mass is 10.1. The van der Waals surface area contributed by atoms with Gasteiger partial charge in [0.25, 0.3) is 5.91 Å². The largest absolute Gasteiger partial charge is 0.397 e. The predicted octanol–water partition coefficient (Wildman–Crippen LogP) is 2.24. The maximum absolute atomic E-state index is 12.4. The number of nitrogens with zero attached hydrogens (tertiary/aromatic N) is 1. The fourth-order valence-corrected chi connectivity index (χ4v) is 3.39. The maximum Gasteiger partial charge on any atom is 0.263 e. The van der Waals surface area contributed by atoms with Crippen molar-refractivity contribution in [1.82, 2.24) is 10.3 Å². The molecule has 0 aromatic carbocycles. The number of hydrogen-bond acceptors (Lipinski definition) is 5. The SMILES string of the molecule is Cc1cc2sc(C(=O)NC(C)C(C)CO)c(N)c2c(C)n1. The van der Waals surface area contributed by atoms with Gasteiger partial charge in [-0.2, -0.15) is 0 Å². The van der Waals surface area contributed by atoms with Crippen LogP contribution in [0.3, 0.4) is 0 Å². The summed E-state index contributed by atoms with van der Waals surface area (Å²) in [5, 5.41) is 12.9. The van der Waals surface area contributed by atoms with Gasteiger partial charge in [0.05, 0.1) is 5.69 Å². The van der Waals surface area contributed by atoms with Gasteiger partial charge < -0.3 is 16.2 Å². The van der Waals surface area contributed by atoms with Gasteiger partial charge in [0.1, 0.15) is 4.88 Å². The molecule has 2 aromatic rings. The number of nitrogens with two attached hydrogens (primary N) is 1. The normalized spacial score (nSPS) is 14.1. The highest BCUT2D eigenvalue weighted by Gasteiger charge is 2.21. The van der Waals surface area contributed by atoms with E-state index in [2.05, 4.69) is 10.3 Å². The average molecular weight is 307 g/mol. The number of nitrogen functional groups attached to an aromatic ring is 1. The molecule has 6 heteroatoms. The first-order valence-corrected chi connectivity index (χ1v) is 7.74. The van der Waals surface area contributed by atoms with Crippen LogP contribution >= 0.6 is 11.3 Å². The first kappa shape index (κ1) is 15.7. The zero-order valence-corrected chi connectivity index (χ0v) is 13.5. The highest BCUT2D eigenvalue weighted by atomic mass is 32.1. The second kappa shape index (κ2) is 5.99. The summed E-state index contributed by atoms with van der Waals surface area (Å²) in [6.07, 6.45) is 0. The van der Waals surface area contributed by atoms with Gasteiger partial charge in [0.15, 0.2) is 0 Å². The van der Waals surface area contributed by atoms with Crippen LogP contribution in [0, 0.1) is 19.8 Å². The summed E-state index contributed by atoms with van der Waals surface area (Å²) < 4.78 is 0.977. The molecule has 114 valence electrons. The number of carbonyl (C=O) groups excluding carboxylic acids is 1. The number of aliphatic hydroxyl groups is 1. The monoisotopic (exact) mass is 307 g/mol. The fraction of sp³-hybridized carbons (Fsp3) is 0.467. The zero-order chi connectivity index (χ0) is 15.7. The Hall–Kier alpha value is -1.66. The number of nitrogens with one attached hydrogen (secondary N) is 1. The number of hydrogen-bond donors (Lipinski definition) is 3. The summed E-state index contributed by atoms with van der Waals surface area (Å²) in [5.74, 6) is -0.200. The quantitative estimate of drug-likeness (QED) is 0.808. The fourth-order valence-electron chi connectivity index (χ4n) is 2.22. The van der Waals surface area contributed by atoms with Crippen molar-refractivity contribution in [2.24, 2.45) is 5.92 Å². The minimum absolute atomic E-state index is 0.00444. The summed E-state index contributed by atoms with van der Waals surface area (Å²) in [6.45, 7) is 7.62. The molecule has 0 aliphatic carbocycles. The molecule has 1 amide bonds. The van der Waals surface area contributed by atoms with Crippen LogP contribution in [-0.4, -0.2) is 28.6 Å². The molecule has 2 unspecified atom stereocenters. The van der Waals surface area contributed by atoms with E-state index < -0.39 is 0 Å². The van der Waals surface area contributed by atoms with Gasteiger partial charge in [-0.25, -0.2) is 0 Å².